The van der Waals surface area contributed by atoms with Crippen molar-refractivity contribution in [2.75, 3.05) is 11.4 Å². The highest BCUT2D eigenvalue weighted by Crippen LogP contribution is 2.34. The monoisotopic (exact) mass is 248 g/mol. The molecule has 0 atom stereocenters. The smallest absolute Gasteiger partial charge is 0.339 e. The molecule has 0 amide bonds. The Morgan fingerprint density at radius 1 is 1.56 bits per heavy atom. The van der Waals surface area contributed by atoms with Gasteiger partial charge in [0.2, 0.25) is 0 Å². The van der Waals surface area contributed by atoms with E-state index < -0.39 is 5.97 Å². The lowest BCUT2D eigenvalue weighted by molar-refractivity contribution is 0.0697. The molecule has 1 aromatic rings. The van der Waals surface area contributed by atoms with Gasteiger partial charge in [-0.1, -0.05) is 13.3 Å². The zero-order valence-electron chi connectivity index (χ0n) is 11.0. The Bertz CT molecular complexity index is 441. The zero-order valence-corrected chi connectivity index (χ0v) is 11.0. The minimum atomic E-state index is -0.889. The second-order valence-electron chi connectivity index (χ2n) is 4.93. The lowest BCUT2D eigenvalue weighted by Crippen LogP contribution is -2.28. The van der Waals surface area contributed by atoms with Crippen LogP contribution in [0, 0.1) is 6.92 Å². The Morgan fingerprint density at radius 2 is 2.28 bits per heavy atom. The molecule has 0 unspecified atom stereocenters. The van der Waals surface area contributed by atoms with Crippen LogP contribution < -0.4 is 4.90 Å². The van der Waals surface area contributed by atoms with Gasteiger partial charge in [-0.25, -0.2) is 4.79 Å². The van der Waals surface area contributed by atoms with Gasteiger partial charge >= 0.3 is 5.97 Å². The molecule has 1 heterocycles. The highest BCUT2D eigenvalue weighted by molar-refractivity contribution is 5.94. The first-order chi connectivity index (χ1) is 8.63. The number of rotatable bonds is 6. The van der Waals surface area contributed by atoms with Gasteiger partial charge in [-0.15, -0.1) is 0 Å². The van der Waals surface area contributed by atoms with Crippen LogP contribution in [0.5, 0.6) is 0 Å². The quantitative estimate of drug-likeness (QED) is 0.841. The minimum Gasteiger partial charge on any atom is -0.478 e. The van der Waals surface area contributed by atoms with Crippen LogP contribution in [-0.2, 0) is 0 Å². The first-order valence-electron chi connectivity index (χ1n) is 6.60. The normalized spacial score (nSPS) is 14.6. The number of carbonyl (C=O) groups is 1. The van der Waals surface area contributed by atoms with Crippen molar-refractivity contribution in [1.82, 2.24) is 4.98 Å². The highest BCUT2D eigenvalue weighted by Gasteiger charge is 2.31. The Balaban J connectivity index is 2.32. The van der Waals surface area contributed by atoms with Crippen LogP contribution >= 0.6 is 0 Å². The largest absolute Gasteiger partial charge is 0.478 e. The number of pyridine rings is 1. The molecule has 0 bridgehead atoms. The molecule has 0 saturated heterocycles. The molecule has 0 aromatic carbocycles. The topological polar surface area (TPSA) is 53.4 Å². The van der Waals surface area contributed by atoms with Crippen LogP contribution in [0.25, 0.3) is 0 Å². The maximum absolute atomic E-state index is 11.3. The molecule has 4 heteroatoms. The second kappa shape index (κ2) is 5.38. The molecule has 0 aliphatic heterocycles. The van der Waals surface area contributed by atoms with E-state index in [0.717, 1.165) is 30.8 Å². The molecule has 1 fully saturated rings. The SMILES string of the molecule is CCCCN(c1cc(C)ncc1C(=O)O)C1CC1. The van der Waals surface area contributed by atoms with Crippen molar-refractivity contribution in [3.05, 3.63) is 23.5 Å². The van der Waals surface area contributed by atoms with Gasteiger partial charge in [0.1, 0.15) is 5.56 Å². The summed E-state index contributed by atoms with van der Waals surface area (Å²) in [6.45, 7) is 4.99. The second-order valence-corrected chi connectivity index (χ2v) is 4.93. The predicted molar refractivity (Wildman–Crippen MR) is 71.2 cm³/mol. The number of unbranched alkanes of at least 4 members (excludes halogenated alkanes) is 1. The van der Waals surface area contributed by atoms with E-state index in [0.29, 0.717) is 11.6 Å². The van der Waals surface area contributed by atoms with Gasteiger partial charge in [-0.3, -0.25) is 4.98 Å². The number of carboxylic acid groups (broad SMARTS) is 1. The van der Waals surface area contributed by atoms with Crippen molar-refractivity contribution in [3.8, 4) is 0 Å². The van der Waals surface area contributed by atoms with Crippen LogP contribution in [0.2, 0.25) is 0 Å². The van der Waals surface area contributed by atoms with E-state index in [2.05, 4.69) is 16.8 Å². The van der Waals surface area contributed by atoms with Gasteiger partial charge < -0.3 is 10.0 Å². The van der Waals surface area contributed by atoms with Crippen molar-refractivity contribution in [3.63, 3.8) is 0 Å². The van der Waals surface area contributed by atoms with Crippen LogP contribution in [0.15, 0.2) is 12.3 Å². The summed E-state index contributed by atoms with van der Waals surface area (Å²) >= 11 is 0. The molecule has 4 nitrogen and oxygen atoms in total. The Morgan fingerprint density at radius 3 is 2.83 bits per heavy atom. The van der Waals surface area contributed by atoms with Crippen LogP contribution in [0.3, 0.4) is 0 Å². The van der Waals surface area contributed by atoms with Crippen molar-refractivity contribution < 1.29 is 9.90 Å². The van der Waals surface area contributed by atoms with Gasteiger partial charge in [0.05, 0.1) is 5.69 Å². The van der Waals surface area contributed by atoms with Gasteiger partial charge in [0.15, 0.2) is 0 Å². The summed E-state index contributed by atoms with van der Waals surface area (Å²) in [6.07, 6.45) is 6.04. The van der Waals surface area contributed by atoms with E-state index in [1.165, 1.54) is 19.0 Å². The van der Waals surface area contributed by atoms with E-state index in [1.807, 2.05) is 13.0 Å². The van der Waals surface area contributed by atoms with Gasteiger partial charge in [-0.2, -0.15) is 0 Å². The molecule has 2 rings (SSSR count). The van der Waals surface area contributed by atoms with Crippen LogP contribution in [0.1, 0.15) is 48.7 Å². The molecule has 0 spiro atoms. The first kappa shape index (κ1) is 12.9. The van der Waals surface area contributed by atoms with E-state index in [-0.39, 0.29) is 0 Å². The average Bonchev–Trinajstić information content (AvgIpc) is 3.13. The number of aromatic nitrogens is 1. The third kappa shape index (κ3) is 2.81. The fourth-order valence-electron chi connectivity index (χ4n) is 2.16. The molecular weight excluding hydrogens is 228 g/mol. The predicted octanol–water partition coefficient (Wildman–Crippen LogP) is 2.86. The van der Waals surface area contributed by atoms with Crippen molar-refractivity contribution in [2.45, 2.75) is 45.6 Å². The molecule has 1 N–H and O–H groups in total. The number of hydrogen-bond donors (Lipinski definition) is 1. The lowest BCUT2D eigenvalue weighted by Gasteiger charge is -2.26. The van der Waals surface area contributed by atoms with E-state index in [9.17, 15) is 9.90 Å². The van der Waals surface area contributed by atoms with Crippen molar-refractivity contribution in [1.29, 1.82) is 0 Å². The molecule has 18 heavy (non-hydrogen) atoms. The van der Waals surface area contributed by atoms with Crippen LogP contribution in [-0.4, -0.2) is 28.6 Å². The number of hydrogen-bond acceptors (Lipinski definition) is 3. The Kier molecular flexibility index (Phi) is 3.84. The molecule has 1 saturated carbocycles. The third-order valence-corrected chi connectivity index (χ3v) is 3.30. The fraction of sp³-hybridized carbons (Fsp3) is 0.571. The number of aryl methyl sites for hydroxylation is 1. The maximum Gasteiger partial charge on any atom is 0.339 e. The van der Waals surface area contributed by atoms with E-state index in [1.54, 1.807) is 0 Å². The van der Waals surface area contributed by atoms with E-state index >= 15 is 0 Å². The molecule has 1 aliphatic carbocycles. The van der Waals surface area contributed by atoms with Gasteiger partial charge in [-0.05, 0) is 32.3 Å². The maximum atomic E-state index is 11.3. The number of aromatic carboxylic acids is 1. The highest BCUT2D eigenvalue weighted by atomic mass is 16.4. The number of anilines is 1. The average molecular weight is 248 g/mol. The summed E-state index contributed by atoms with van der Waals surface area (Å²) in [7, 11) is 0. The van der Waals surface area contributed by atoms with Crippen LogP contribution in [0.4, 0.5) is 5.69 Å². The van der Waals surface area contributed by atoms with Gasteiger partial charge in [0, 0.05) is 24.5 Å². The van der Waals surface area contributed by atoms with Crippen molar-refractivity contribution >= 4 is 11.7 Å². The number of nitrogens with zero attached hydrogens (tertiary/aromatic N) is 2. The minimum absolute atomic E-state index is 0.323. The third-order valence-electron chi connectivity index (χ3n) is 3.30. The summed E-state index contributed by atoms with van der Waals surface area (Å²) < 4.78 is 0. The molecule has 1 aromatic heterocycles. The zero-order chi connectivity index (χ0) is 13.1. The standard InChI is InChI=1S/C14H20N2O2/c1-3-4-7-16(11-5-6-11)13-8-10(2)15-9-12(13)14(17)18/h8-9,11H,3-7H2,1-2H3,(H,17,18). The molecular formula is C14H20N2O2. The summed E-state index contributed by atoms with van der Waals surface area (Å²) in [5, 5.41) is 9.27. The summed E-state index contributed by atoms with van der Waals surface area (Å²) in [5.41, 5.74) is 2.03. The Labute approximate surface area is 108 Å². The first-order valence-corrected chi connectivity index (χ1v) is 6.60. The van der Waals surface area contributed by atoms with Gasteiger partial charge in [0.25, 0.3) is 0 Å². The fourth-order valence-corrected chi connectivity index (χ4v) is 2.16. The van der Waals surface area contributed by atoms with E-state index in [4.69, 9.17) is 0 Å². The summed E-state index contributed by atoms with van der Waals surface area (Å²) in [6, 6.07) is 2.42. The van der Waals surface area contributed by atoms with Crippen molar-refractivity contribution in [2.24, 2.45) is 0 Å². The Hall–Kier alpha value is -1.58. The lowest BCUT2D eigenvalue weighted by atomic mass is 10.1. The summed E-state index contributed by atoms with van der Waals surface area (Å²) in [4.78, 5) is 17.6. The molecule has 1 aliphatic rings. The molecule has 0 radical (unpaired) electrons. The summed E-state index contributed by atoms with van der Waals surface area (Å²) in [5.74, 6) is -0.889. The molecule has 98 valence electrons. The number of carboxylic acids is 1.